The van der Waals surface area contributed by atoms with Gasteiger partial charge in [-0.15, -0.1) is 0 Å². The van der Waals surface area contributed by atoms with E-state index in [1.165, 1.54) is 4.42 Å². The average Bonchev–Trinajstić information content (AvgIpc) is 1.88. The van der Waals surface area contributed by atoms with Gasteiger partial charge >= 0.3 is 0 Å². The van der Waals surface area contributed by atoms with Crippen molar-refractivity contribution in [3.05, 3.63) is 22.3 Å². The van der Waals surface area contributed by atoms with Crippen molar-refractivity contribution in [1.29, 1.82) is 0 Å². The number of hydrogen-bond acceptors (Lipinski definition) is 3. The van der Waals surface area contributed by atoms with Crippen LogP contribution >= 0.6 is 11.8 Å². The topological polar surface area (TPSA) is 46.4 Å². The minimum atomic E-state index is -0.633. The van der Waals surface area contributed by atoms with Gasteiger partial charge in [0.25, 0.3) is 0 Å². The van der Waals surface area contributed by atoms with Crippen molar-refractivity contribution in [3.8, 4) is 0 Å². The molecule has 4 nitrogen and oxygen atoms in total. The van der Waals surface area contributed by atoms with Crippen molar-refractivity contribution >= 4 is 11.8 Å². The van der Waals surface area contributed by atoms with E-state index in [1.54, 1.807) is 12.2 Å². The second-order valence-electron chi connectivity index (χ2n) is 2.11. The SMILES string of the molecule is O=[N+]([O-])C1C=CCN(Cl)C1. The molecule has 0 aromatic rings. The minimum Gasteiger partial charge on any atom is -0.264 e. The molecule has 0 aromatic carbocycles. The summed E-state index contributed by atoms with van der Waals surface area (Å²) in [5.41, 5.74) is 0. The van der Waals surface area contributed by atoms with Crippen molar-refractivity contribution in [1.82, 2.24) is 4.42 Å². The van der Waals surface area contributed by atoms with Crippen LogP contribution in [0.25, 0.3) is 0 Å². The van der Waals surface area contributed by atoms with Crippen LogP contribution < -0.4 is 0 Å². The molecule has 0 radical (unpaired) electrons. The highest BCUT2D eigenvalue weighted by molar-refractivity contribution is 6.13. The molecule has 1 unspecified atom stereocenters. The number of nitro groups is 1. The van der Waals surface area contributed by atoms with Crippen LogP contribution in [0, 0.1) is 10.1 Å². The maximum atomic E-state index is 10.2. The lowest BCUT2D eigenvalue weighted by Gasteiger charge is -2.16. The number of halogens is 1. The fourth-order valence-electron chi connectivity index (χ4n) is 0.808. The summed E-state index contributed by atoms with van der Waals surface area (Å²) in [6.45, 7) is 0.886. The maximum absolute atomic E-state index is 10.2. The Morgan fingerprint density at radius 1 is 1.80 bits per heavy atom. The Morgan fingerprint density at radius 2 is 2.50 bits per heavy atom. The van der Waals surface area contributed by atoms with Crippen LogP contribution in [0.4, 0.5) is 0 Å². The standard InChI is InChI=1S/C5H7ClN2O2/c6-7-3-1-2-5(4-7)8(9)10/h1-2,5H,3-4H2. The third-order valence-corrected chi connectivity index (χ3v) is 1.59. The molecule has 0 aliphatic carbocycles. The van der Waals surface area contributed by atoms with Crippen LogP contribution in [-0.4, -0.2) is 28.5 Å². The highest BCUT2D eigenvalue weighted by Gasteiger charge is 2.22. The Morgan fingerprint density at radius 3 is 2.90 bits per heavy atom. The zero-order valence-electron chi connectivity index (χ0n) is 5.24. The number of rotatable bonds is 1. The normalized spacial score (nSPS) is 26.7. The van der Waals surface area contributed by atoms with Crippen molar-refractivity contribution in [3.63, 3.8) is 0 Å². The molecule has 1 aliphatic heterocycles. The fraction of sp³-hybridized carbons (Fsp3) is 0.600. The summed E-state index contributed by atoms with van der Waals surface area (Å²) in [5, 5.41) is 10.2. The molecule has 1 aliphatic rings. The van der Waals surface area contributed by atoms with E-state index in [4.69, 9.17) is 11.8 Å². The van der Waals surface area contributed by atoms with Crippen LogP contribution in [-0.2, 0) is 0 Å². The third kappa shape index (κ3) is 1.68. The van der Waals surface area contributed by atoms with Crippen LogP contribution in [0.2, 0.25) is 0 Å². The van der Waals surface area contributed by atoms with Gasteiger partial charge in [-0.1, -0.05) is 6.08 Å². The summed E-state index contributed by atoms with van der Waals surface area (Å²) in [7, 11) is 0. The first-order valence-electron chi connectivity index (χ1n) is 2.91. The van der Waals surface area contributed by atoms with E-state index in [9.17, 15) is 10.1 Å². The summed E-state index contributed by atoms with van der Waals surface area (Å²) in [6, 6.07) is -0.633. The van der Waals surface area contributed by atoms with Gasteiger partial charge in [0.2, 0.25) is 6.04 Å². The van der Waals surface area contributed by atoms with E-state index in [2.05, 4.69) is 0 Å². The van der Waals surface area contributed by atoms with Gasteiger partial charge in [0.1, 0.15) is 0 Å². The monoisotopic (exact) mass is 162 g/mol. The molecule has 10 heavy (non-hydrogen) atoms. The molecule has 0 aromatic heterocycles. The largest absolute Gasteiger partial charge is 0.264 e. The lowest BCUT2D eigenvalue weighted by Crippen LogP contribution is -2.33. The number of nitrogens with zero attached hydrogens (tertiary/aromatic N) is 2. The van der Waals surface area contributed by atoms with Crippen LogP contribution in [0.5, 0.6) is 0 Å². The van der Waals surface area contributed by atoms with Crippen molar-refractivity contribution in [2.75, 3.05) is 13.1 Å². The Labute approximate surface area is 63.3 Å². The molecule has 0 spiro atoms. The number of hydrogen-bond donors (Lipinski definition) is 0. The molecular weight excluding hydrogens is 156 g/mol. The van der Waals surface area contributed by atoms with Crippen LogP contribution in [0.15, 0.2) is 12.2 Å². The first kappa shape index (κ1) is 7.50. The first-order valence-corrected chi connectivity index (χ1v) is 3.25. The van der Waals surface area contributed by atoms with Crippen molar-refractivity contribution in [2.45, 2.75) is 6.04 Å². The van der Waals surface area contributed by atoms with E-state index in [0.717, 1.165) is 0 Å². The van der Waals surface area contributed by atoms with E-state index in [0.29, 0.717) is 13.1 Å². The highest BCUT2D eigenvalue weighted by Crippen LogP contribution is 2.06. The summed E-state index contributed by atoms with van der Waals surface area (Å²) in [6.07, 6.45) is 3.27. The van der Waals surface area contributed by atoms with Crippen molar-refractivity contribution in [2.24, 2.45) is 0 Å². The molecule has 0 saturated heterocycles. The van der Waals surface area contributed by atoms with Gasteiger partial charge in [0, 0.05) is 11.5 Å². The Bertz CT molecular complexity index is 171. The third-order valence-electron chi connectivity index (χ3n) is 1.32. The zero-order chi connectivity index (χ0) is 7.56. The molecule has 0 saturated carbocycles. The lowest BCUT2D eigenvalue weighted by atomic mass is 10.2. The van der Waals surface area contributed by atoms with Crippen molar-refractivity contribution < 1.29 is 4.92 Å². The van der Waals surface area contributed by atoms with E-state index in [-0.39, 0.29) is 4.92 Å². The predicted molar refractivity (Wildman–Crippen MR) is 37.3 cm³/mol. The lowest BCUT2D eigenvalue weighted by molar-refractivity contribution is -0.509. The fourth-order valence-corrected chi connectivity index (χ4v) is 1.03. The van der Waals surface area contributed by atoms with Gasteiger partial charge in [-0.25, -0.2) is 4.42 Å². The zero-order valence-corrected chi connectivity index (χ0v) is 5.99. The Hall–Kier alpha value is -0.610. The van der Waals surface area contributed by atoms with E-state index < -0.39 is 6.04 Å². The highest BCUT2D eigenvalue weighted by atomic mass is 35.5. The molecule has 0 fully saturated rings. The molecule has 1 atom stereocenters. The molecule has 0 bridgehead atoms. The quantitative estimate of drug-likeness (QED) is 0.246. The summed E-state index contributed by atoms with van der Waals surface area (Å²) in [5.74, 6) is 0. The van der Waals surface area contributed by atoms with Gasteiger partial charge in [-0.3, -0.25) is 10.1 Å². The molecule has 1 rings (SSSR count). The molecule has 5 heteroatoms. The van der Waals surface area contributed by atoms with Gasteiger partial charge in [-0.2, -0.15) is 0 Å². The predicted octanol–water partition coefficient (Wildman–Crippen LogP) is 0.657. The van der Waals surface area contributed by atoms with Gasteiger partial charge in [0.05, 0.1) is 6.54 Å². The molecule has 1 heterocycles. The van der Waals surface area contributed by atoms with Crippen LogP contribution in [0.3, 0.4) is 0 Å². The molecular formula is C5H7ClN2O2. The second-order valence-corrected chi connectivity index (χ2v) is 2.59. The Kier molecular flexibility index (Phi) is 2.24. The molecule has 56 valence electrons. The van der Waals surface area contributed by atoms with Crippen LogP contribution in [0.1, 0.15) is 0 Å². The molecule has 0 amide bonds. The summed E-state index contributed by atoms with van der Waals surface area (Å²) >= 11 is 5.53. The van der Waals surface area contributed by atoms with E-state index >= 15 is 0 Å². The smallest absolute Gasteiger partial charge is 0.245 e. The van der Waals surface area contributed by atoms with Gasteiger partial charge in [0.15, 0.2) is 0 Å². The average molecular weight is 163 g/mol. The second kappa shape index (κ2) is 2.98. The Balaban J connectivity index is 2.55. The minimum absolute atomic E-state index is 0.297. The van der Waals surface area contributed by atoms with Gasteiger partial charge in [-0.05, 0) is 17.9 Å². The first-order chi connectivity index (χ1) is 4.70. The summed E-state index contributed by atoms with van der Waals surface area (Å²) < 4.78 is 1.40. The van der Waals surface area contributed by atoms with Gasteiger partial charge < -0.3 is 0 Å². The molecule has 0 N–H and O–H groups in total. The maximum Gasteiger partial charge on any atom is 0.245 e. The summed E-state index contributed by atoms with van der Waals surface area (Å²) in [4.78, 5) is 9.83. The van der Waals surface area contributed by atoms with E-state index in [1.807, 2.05) is 0 Å².